The lowest BCUT2D eigenvalue weighted by Gasteiger charge is -2.10. The van der Waals surface area contributed by atoms with Crippen LogP contribution < -0.4 is 0 Å². The van der Waals surface area contributed by atoms with Crippen LogP contribution in [0.4, 0.5) is 4.39 Å². The Morgan fingerprint density at radius 1 is 1.05 bits per heavy atom. The summed E-state index contributed by atoms with van der Waals surface area (Å²) in [4.78, 5) is 0. The highest BCUT2D eigenvalue weighted by Gasteiger charge is 2.18. The van der Waals surface area contributed by atoms with Crippen molar-refractivity contribution in [3.63, 3.8) is 0 Å². The minimum Gasteiger partial charge on any atom is -0.278 e. The third-order valence-electron chi connectivity index (χ3n) is 3.03. The second-order valence-corrected chi connectivity index (χ2v) is 5.07. The van der Waals surface area contributed by atoms with E-state index < -0.39 is 5.82 Å². The number of hydrogen-bond acceptors (Lipinski definition) is 2. The maximum absolute atomic E-state index is 14.1. The molecule has 1 aromatic heterocycles. The van der Waals surface area contributed by atoms with E-state index in [1.165, 1.54) is 18.2 Å². The van der Waals surface area contributed by atoms with Crippen LogP contribution in [0.15, 0.2) is 48.5 Å². The van der Waals surface area contributed by atoms with Crippen LogP contribution in [0.1, 0.15) is 5.82 Å². The molecule has 0 amide bonds. The number of rotatable bonds is 3. The molecule has 0 aliphatic carbocycles. The first-order valence-electron chi connectivity index (χ1n) is 6.22. The predicted octanol–water partition coefficient (Wildman–Crippen LogP) is 4.47. The van der Waals surface area contributed by atoms with Crippen LogP contribution >= 0.6 is 23.2 Å². The number of hydrogen-bond donors (Lipinski definition) is 0. The van der Waals surface area contributed by atoms with Gasteiger partial charge in [0.05, 0.1) is 11.4 Å². The van der Waals surface area contributed by atoms with Crippen LogP contribution in [0, 0.1) is 5.82 Å². The third-order valence-corrected chi connectivity index (χ3v) is 3.51. The zero-order valence-corrected chi connectivity index (χ0v) is 12.3. The molecule has 0 fully saturated rings. The largest absolute Gasteiger partial charge is 0.278 e. The highest BCUT2D eigenvalue weighted by atomic mass is 35.5. The molecule has 0 atom stereocenters. The molecule has 0 unspecified atom stereocenters. The molecule has 106 valence electrons. The second kappa shape index (κ2) is 5.84. The normalized spacial score (nSPS) is 10.8. The lowest BCUT2D eigenvalue weighted by atomic mass is 10.2. The maximum Gasteiger partial charge on any atom is 0.171 e. The number of halogens is 3. The first-order chi connectivity index (χ1) is 10.2. The van der Waals surface area contributed by atoms with Crippen molar-refractivity contribution in [2.75, 3.05) is 0 Å². The molecular weight excluding hydrogens is 312 g/mol. The van der Waals surface area contributed by atoms with Gasteiger partial charge < -0.3 is 0 Å². The van der Waals surface area contributed by atoms with Crippen LogP contribution in [0.3, 0.4) is 0 Å². The molecule has 0 aliphatic heterocycles. The van der Waals surface area contributed by atoms with E-state index >= 15 is 0 Å². The van der Waals surface area contributed by atoms with Gasteiger partial charge in [-0.1, -0.05) is 29.8 Å². The van der Waals surface area contributed by atoms with Gasteiger partial charge >= 0.3 is 0 Å². The molecule has 0 saturated heterocycles. The summed E-state index contributed by atoms with van der Waals surface area (Å²) in [6.45, 7) is 0. The molecule has 0 spiro atoms. The van der Waals surface area contributed by atoms with Crippen LogP contribution in [-0.2, 0) is 5.88 Å². The highest BCUT2D eigenvalue weighted by molar-refractivity contribution is 6.30. The van der Waals surface area contributed by atoms with Crippen molar-refractivity contribution in [2.24, 2.45) is 0 Å². The Morgan fingerprint density at radius 3 is 2.52 bits per heavy atom. The van der Waals surface area contributed by atoms with E-state index in [2.05, 4.69) is 10.2 Å². The van der Waals surface area contributed by atoms with E-state index in [1.807, 2.05) is 30.3 Å². The van der Waals surface area contributed by atoms with Gasteiger partial charge in [-0.15, -0.1) is 21.8 Å². The standard InChI is InChI=1S/C15H10Cl2FN3/c16-9-14-19-20-15(12-8-10(17)6-7-13(12)18)21(14)11-4-2-1-3-5-11/h1-8H,9H2. The van der Waals surface area contributed by atoms with Crippen molar-refractivity contribution in [1.82, 2.24) is 14.8 Å². The van der Waals surface area contributed by atoms with Crippen molar-refractivity contribution in [3.05, 3.63) is 65.2 Å². The molecule has 3 nitrogen and oxygen atoms in total. The lowest BCUT2D eigenvalue weighted by molar-refractivity contribution is 0.629. The van der Waals surface area contributed by atoms with E-state index in [0.29, 0.717) is 16.7 Å². The molecule has 3 aromatic rings. The zero-order valence-electron chi connectivity index (χ0n) is 10.8. The minimum atomic E-state index is -0.412. The molecule has 0 bridgehead atoms. The Balaban J connectivity index is 2.25. The Hall–Kier alpha value is -1.91. The summed E-state index contributed by atoms with van der Waals surface area (Å²) in [5.74, 6) is 0.670. The van der Waals surface area contributed by atoms with Gasteiger partial charge in [0.1, 0.15) is 5.82 Å². The van der Waals surface area contributed by atoms with Crippen molar-refractivity contribution in [1.29, 1.82) is 0 Å². The van der Waals surface area contributed by atoms with E-state index in [0.717, 1.165) is 5.69 Å². The lowest BCUT2D eigenvalue weighted by Crippen LogP contribution is -2.02. The summed E-state index contributed by atoms with van der Waals surface area (Å²) >= 11 is 11.9. The summed E-state index contributed by atoms with van der Waals surface area (Å²) < 4.78 is 15.8. The van der Waals surface area contributed by atoms with Gasteiger partial charge in [0.2, 0.25) is 0 Å². The van der Waals surface area contributed by atoms with Crippen LogP contribution in [0.5, 0.6) is 0 Å². The molecule has 1 heterocycles. The highest BCUT2D eigenvalue weighted by Crippen LogP contribution is 2.28. The van der Waals surface area contributed by atoms with Gasteiger partial charge in [-0.25, -0.2) is 4.39 Å². The van der Waals surface area contributed by atoms with Crippen molar-refractivity contribution in [2.45, 2.75) is 5.88 Å². The van der Waals surface area contributed by atoms with Crippen LogP contribution in [-0.4, -0.2) is 14.8 Å². The summed E-state index contributed by atoms with van der Waals surface area (Å²) in [6, 6.07) is 13.7. The van der Waals surface area contributed by atoms with E-state index in [1.54, 1.807) is 4.57 Å². The summed E-state index contributed by atoms with van der Waals surface area (Å²) in [7, 11) is 0. The molecule has 6 heteroatoms. The second-order valence-electron chi connectivity index (χ2n) is 4.37. The smallest absolute Gasteiger partial charge is 0.171 e. The average Bonchev–Trinajstić information content (AvgIpc) is 2.94. The Kier molecular flexibility index (Phi) is 3.90. The van der Waals surface area contributed by atoms with Gasteiger partial charge in [-0.2, -0.15) is 0 Å². The number of nitrogens with zero attached hydrogens (tertiary/aromatic N) is 3. The fourth-order valence-corrected chi connectivity index (χ4v) is 2.44. The van der Waals surface area contributed by atoms with Gasteiger partial charge in [0.15, 0.2) is 11.6 Å². The number of para-hydroxylation sites is 1. The molecule has 21 heavy (non-hydrogen) atoms. The first-order valence-corrected chi connectivity index (χ1v) is 7.13. The van der Waals surface area contributed by atoms with Crippen LogP contribution in [0.25, 0.3) is 17.1 Å². The summed E-state index contributed by atoms with van der Waals surface area (Å²) in [6.07, 6.45) is 0. The van der Waals surface area contributed by atoms with Crippen LogP contribution in [0.2, 0.25) is 5.02 Å². The molecular formula is C15H10Cl2FN3. The number of alkyl halides is 1. The van der Waals surface area contributed by atoms with Crippen molar-refractivity contribution >= 4 is 23.2 Å². The minimum absolute atomic E-state index is 0.171. The van der Waals surface area contributed by atoms with E-state index in [4.69, 9.17) is 23.2 Å². The molecule has 0 aliphatic rings. The van der Waals surface area contributed by atoms with Gasteiger partial charge in [-0.05, 0) is 30.3 Å². The van der Waals surface area contributed by atoms with Crippen molar-refractivity contribution in [3.8, 4) is 17.1 Å². The zero-order chi connectivity index (χ0) is 14.8. The summed E-state index contributed by atoms with van der Waals surface area (Å²) in [5.41, 5.74) is 1.10. The molecule has 0 N–H and O–H groups in total. The molecule has 3 rings (SSSR count). The topological polar surface area (TPSA) is 30.7 Å². The monoisotopic (exact) mass is 321 g/mol. The first kappa shape index (κ1) is 14.0. The van der Waals surface area contributed by atoms with Gasteiger partial charge in [0, 0.05) is 10.7 Å². The SMILES string of the molecule is Fc1ccc(Cl)cc1-c1nnc(CCl)n1-c1ccccc1. The quantitative estimate of drug-likeness (QED) is 0.666. The average molecular weight is 322 g/mol. The van der Waals surface area contributed by atoms with Gasteiger partial charge in [-0.3, -0.25) is 4.57 Å². The van der Waals surface area contributed by atoms with E-state index in [9.17, 15) is 4.39 Å². The fraction of sp³-hybridized carbons (Fsp3) is 0.0667. The maximum atomic E-state index is 14.1. The van der Waals surface area contributed by atoms with Crippen molar-refractivity contribution < 1.29 is 4.39 Å². The number of aromatic nitrogens is 3. The molecule has 2 aromatic carbocycles. The van der Waals surface area contributed by atoms with Gasteiger partial charge in [0.25, 0.3) is 0 Å². The Labute approximate surface area is 131 Å². The Morgan fingerprint density at radius 2 is 1.81 bits per heavy atom. The van der Waals surface area contributed by atoms with E-state index in [-0.39, 0.29) is 11.4 Å². The number of benzene rings is 2. The fourth-order valence-electron chi connectivity index (χ4n) is 2.09. The molecule has 0 saturated carbocycles. The Bertz CT molecular complexity index is 772. The molecule has 0 radical (unpaired) electrons. The third kappa shape index (κ3) is 2.64. The summed E-state index contributed by atoms with van der Waals surface area (Å²) in [5, 5.41) is 8.53. The predicted molar refractivity (Wildman–Crippen MR) is 81.3 cm³/mol.